The Kier molecular flexibility index (Phi) is 4.66. The van der Waals surface area contributed by atoms with Crippen molar-refractivity contribution >= 4 is 17.3 Å². The third-order valence-electron chi connectivity index (χ3n) is 3.65. The van der Waals surface area contributed by atoms with Crippen LogP contribution in [0.1, 0.15) is 17.1 Å². The van der Waals surface area contributed by atoms with E-state index in [9.17, 15) is 0 Å². The monoisotopic (exact) mass is 344 g/mol. The maximum absolute atomic E-state index is 6.15. The molecule has 3 aromatic heterocycles. The highest BCUT2D eigenvalue weighted by Gasteiger charge is 2.15. The smallest absolute Gasteiger partial charge is 0.237 e. The molecule has 0 radical (unpaired) electrons. The van der Waals surface area contributed by atoms with E-state index in [1.807, 2.05) is 19.9 Å². The molecule has 0 aliphatic carbocycles. The number of pyridine rings is 2. The van der Waals surface area contributed by atoms with E-state index in [-0.39, 0.29) is 0 Å². The summed E-state index contributed by atoms with van der Waals surface area (Å²) >= 11 is 6.15. The van der Waals surface area contributed by atoms with Crippen LogP contribution in [0.25, 0.3) is 11.1 Å². The van der Waals surface area contributed by atoms with Gasteiger partial charge < -0.3 is 14.6 Å². The lowest BCUT2D eigenvalue weighted by Crippen LogP contribution is -2.05. The van der Waals surface area contributed by atoms with Crippen molar-refractivity contribution in [2.24, 2.45) is 0 Å². The molecule has 6 nitrogen and oxygen atoms in total. The van der Waals surface area contributed by atoms with E-state index in [4.69, 9.17) is 20.9 Å². The van der Waals surface area contributed by atoms with E-state index in [1.165, 1.54) is 0 Å². The number of hydrogen-bond donors (Lipinski definition) is 1. The molecule has 1 N–H and O–H groups in total. The summed E-state index contributed by atoms with van der Waals surface area (Å²) in [6.07, 6.45) is 3.45. The summed E-state index contributed by atoms with van der Waals surface area (Å²) in [6.45, 7) is 4.24. The fourth-order valence-electron chi connectivity index (χ4n) is 2.50. The van der Waals surface area contributed by atoms with Crippen LogP contribution in [0.5, 0.6) is 5.88 Å². The Balaban J connectivity index is 1.92. The number of methoxy groups -OCH3 is 1. The minimum Gasteiger partial charge on any atom is -0.480 e. The minimum atomic E-state index is 0.461. The Labute approximate surface area is 144 Å². The van der Waals surface area contributed by atoms with E-state index in [0.29, 0.717) is 17.4 Å². The Morgan fingerprint density at radius 3 is 2.79 bits per heavy atom. The quantitative estimate of drug-likeness (QED) is 0.753. The third kappa shape index (κ3) is 3.19. The molecule has 24 heavy (non-hydrogen) atoms. The number of halogens is 1. The molecule has 7 heteroatoms. The van der Waals surface area contributed by atoms with Gasteiger partial charge in [0.1, 0.15) is 5.76 Å². The summed E-state index contributed by atoms with van der Waals surface area (Å²) in [4.78, 5) is 8.63. The van der Waals surface area contributed by atoms with Crippen LogP contribution >= 0.6 is 11.6 Å². The number of anilines is 1. The molecule has 3 aromatic rings. The summed E-state index contributed by atoms with van der Waals surface area (Å²) in [5.41, 5.74) is 4.16. The minimum absolute atomic E-state index is 0.461. The molecule has 0 fully saturated rings. The van der Waals surface area contributed by atoms with Gasteiger partial charge in [0.2, 0.25) is 5.88 Å². The van der Waals surface area contributed by atoms with Crippen LogP contribution in [0.15, 0.2) is 35.1 Å². The highest BCUT2D eigenvalue weighted by molar-refractivity contribution is 6.31. The van der Waals surface area contributed by atoms with Crippen molar-refractivity contribution in [2.75, 3.05) is 12.4 Å². The molecular formula is C17H17ClN4O2. The predicted molar refractivity (Wildman–Crippen MR) is 92.3 cm³/mol. The maximum Gasteiger partial charge on any atom is 0.237 e. The second-order valence-electron chi connectivity index (χ2n) is 5.27. The maximum atomic E-state index is 6.15. The van der Waals surface area contributed by atoms with Gasteiger partial charge in [0.15, 0.2) is 0 Å². The van der Waals surface area contributed by atoms with Gasteiger partial charge >= 0.3 is 0 Å². The molecule has 0 aliphatic rings. The first-order valence-corrected chi connectivity index (χ1v) is 7.78. The van der Waals surface area contributed by atoms with Crippen molar-refractivity contribution in [3.8, 4) is 17.0 Å². The first-order chi connectivity index (χ1) is 11.6. The number of nitrogens with one attached hydrogen (secondary N) is 1. The molecule has 0 aromatic carbocycles. The van der Waals surface area contributed by atoms with Gasteiger partial charge in [0, 0.05) is 23.5 Å². The number of nitrogens with zero attached hydrogens (tertiary/aromatic N) is 3. The average Bonchev–Trinajstić information content (AvgIpc) is 2.92. The van der Waals surface area contributed by atoms with Gasteiger partial charge in [-0.2, -0.15) is 0 Å². The second kappa shape index (κ2) is 6.88. The Morgan fingerprint density at radius 1 is 1.29 bits per heavy atom. The lowest BCUT2D eigenvalue weighted by atomic mass is 10.1. The summed E-state index contributed by atoms with van der Waals surface area (Å²) in [6, 6.07) is 5.56. The average molecular weight is 345 g/mol. The fraction of sp³-hybridized carbons (Fsp3) is 0.235. The molecule has 0 saturated heterocycles. The van der Waals surface area contributed by atoms with Crippen LogP contribution in [0.4, 0.5) is 5.69 Å². The van der Waals surface area contributed by atoms with E-state index < -0.39 is 0 Å². The fourth-order valence-corrected chi connectivity index (χ4v) is 2.69. The number of ether oxygens (including phenoxy) is 1. The molecule has 0 saturated carbocycles. The Bertz CT molecular complexity index is 844. The van der Waals surface area contributed by atoms with Gasteiger partial charge in [-0.05, 0) is 32.0 Å². The summed E-state index contributed by atoms with van der Waals surface area (Å²) in [5.74, 6) is 1.25. The van der Waals surface area contributed by atoms with E-state index in [2.05, 4.69) is 20.4 Å². The standard InChI is InChI=1S/C17H17ClN4O2/c1-10-16(11(2)24-22-10)12-7-14(17(23-3)21-8-12)20-9-15-13(18)5-4-6-19-15/h4-8,20H,9H2,1-3H3. The molecule has 124 valence electrons. The number of aromatic nitrogens is 3. The Hall–Kier alpha value is -2.60. The zero-order valence-corrected chi connectivity index (χ0v) is 14.4. The summed E-state index contributed by atoms with van der Waals surface area (Å²) in [5, 5.41) is 7.88. The molecule has 0 bridgehead atoms. The predicted octanol–water partition coefficient (Wildman–Crippen LogP) is 4.02. The van der Waals surface area contributed by atoms with Crippen LogP contribution in [-0.4, -0.2) is 22.2 Å². The van der Waals surface area contributed by atoms with Crippen LogP contribution in [0.2, 0.25) is 5.02 Å². The molecule has 3 rings (SSSR count). The van der Waals surface area contributed by atoms with Crippen LogP contribution in [0, 0.1) is 13.8 Å². The lowest BCUT2D eigenvalue weighted by Gasteiger charge is -2.12. The number of aryl methyl sites for hydroxylation is 2. The first-order valence-electron chi connectivity index (χ1n) is 7.40. The zero-order valence-electron chi connectivity index (χ0n) is 13.6. The van der Waals surface area contributed by atoms with Crippen LogP contribution in [-0.2, 0) is 6.54 Å². The SMILES string of the molecule is COc1ncc(-c2c(C)noc2C)cc1NCc1ncccc1Cl. The first kappa shape index (κ1) is 16.3. The molecule has 0 aliphatic heterocycles. The van der Waals surface area contributed by atoms with Crippen molar-refractivity contribution < 1.29 is 9.26 Å². The van der Waals surface area contributed by atoms with Gasteiger partial charge in [0.25, 0.3) is 0 Å². The molecular weight excluding hydrogens is 328 g/mol. The van der Waals surface area contributed by atoms with E-state index in [0.717, 1.165) is 34.0 Å². The van der Waals surface area contributed by atoms with Crippen molar-refractivity contribution in [2.45, 2.75) is 20.4 Å². The molecule has 3 heterocycles. The van der Waals surface area contributed by atoms with E-state index in [1.54, 1.807) is 31.6 Å². The van der Waals surface area contributed by atoms with Crippen molar-refractivity contribution in [3.63, 3.8) is 0 Å². The molecule has 0 spiro atoms. The van der Waals surface area contributed by atoms with Gasteiger partial charge in [-0.3, -0.25) is 4.98 Å². The van der Waals surface area contributed by atoms with Crippen molar-refractivity contribution in [3.05, 3.63) is 52.8 Å². The summed E-state index contributed by atoms with van der Waals surface area (Å²) < 4.78 is 10.6. The normalized spacial score (nSPS) is 10.7. The molecule has 0 amide bonds. The number of rotatable bonds is 5. The lowest BCUT2D eigenvalue weighted by molar-refractivity contribution is 0.393. The largest absolute Gasteiger partial charge is 0.480 e. The highest BCUT2D eigenvalue weighted by Crippen LogP contribution is 2.32. The van der Waals surface area contributed by atoms with Gasteiger partial charge in [0.05, 0.1) is 35.8 Å². The Morgan fingerprint density at radius 2 is 2.12 bits per heavy atom. The van der Waals surface area contributed by atoms with Gasteiger partial charge in [-0.15, -0.1) is 0 Å². The van der Waals surface area contributed by atoms with Gasteiger partial charge in [-0.1, -0.05) is 16.8 Å². The van der Waals surface area contributed by atoms with Crippen LogP contribution in [0.3, 0.4) is 0 Å². The third-order valence-corrected chi connectivity index (χ3v) is 3.99. The topological polar surface area (TPSA) is 73.1 Å². The molecule has 0 unspecified atom stereocenters. The van der Waals surface area contributed by atoms with Crippen LogP contribution < -0.4 is 10.1 Å². The van der Waals surface area contributed by atoms with E-state index >= 15 is 0 Å². The van der Waals surface area contributed by atoms with Crippen molar-refractivity contribution in [1.82, 2.24) is 15.1 Å². The number of hydrogen-bond acceptors (Lipinski definition) is 6. The zero-order chi connectivity index (χ0) is 17.1. The molecule has 0 atom stereocenters. The van der Waals surface area contributed by atoms with Gasteiger partial charge in [-0.25, -0.2) is 4.98 Å². The summed E-state index contributed by atoms with van der Waals surface area (Å²) in [7, 11) is 1.58. The second-order valence-corrected chi connectivity index (χ2v) is 5.67. The van der Waals surface area contributed by atoms with Crippen molar-refractivity contribution in [1.29, 1.82) is 0 Å². The highest BCUT2D eigenvalue weighted by atomic mass is 35.5.